The topological polar surface area (TPSA) is 69.7 Å². The van der Waals surface area contributed by atoms with E-state index in [1.165, 1.54) is 29.6 Å². The minimum Gasteiger partial charge on any atom is -0.325 e. The molecule has 0 aliphatic carbocycles. The summed E-state index contributed by atoms with van der Waals surface area (Å²) in [5.74, 6) is -0.397. The van der Waals surface area contributed by atoms with Crippen LogP contribution in [0.3, 0.4) is 0 Å². The molecule has 0 bridgehead atoms. The van der Waals surface area contributed by atoms with Crippen molar-refractivity contribution in [2.75, 3.05) is 32.0 Å². The number of likely N-dealkylation sites (N-methyl/N-ethyl adjacent to an activating group) is 1. The molecule has 0 radical (unpaired) electrons. The first-order valence-electron chi connectivity index (χ1n) is 7.95. The second kappa shape index (κ2) is 7.58. The monoisotopic (exact) mass is 357 g/mol. The number of hydrogen-bond donors (Lipinski definition) is 1. The van der Waals surface area contributed by atoms with E-state index in [1.54, 1.807) is 6.07 Å². The highest BCUT2D eigenvalue weighted by atomic mass is 32.2. The molecule has 0 saturated carbocycles. The maximum absolute atomic E-state index is 13.1. The summed E-state index contributed by atoms with van der Waals surface area (Å²) in [5, 5.41) is 2.50. The van der Waals surface area contributed by atoms with Gasteiger partial charge in [-0.15, -0.1) is 0 Å². The van der Waals surface area contributed by atoms with Crippen molar-refractivity contribution in [3.63, 3.8) is 0 Å². The SMILES string of the molecule is C[C@H]1C[C@H](C)CN(S(=O)(=O)N(C)CC(=O)Nc2cccc(F)c2)C1. The van der Waals surface area contributed by atoms with Crippen molar-refractivity contribution in [3.8, 4) is 0 Å². The highest BCUT2D eigenvalue weighted by Gasteiger charge is 2.33. The lowest BCUT2D eigenvalue weighted by atomic mass is 9.94. The van der Waals surface area contributed by atoms with E-state index in [-0.39, 0.29) is 18.4 Å². The third kappa shape index (κ3) is 4.75. The van der Waals surface area contributed by atoms with Crippen LogP contribution in [0.5, 0.6) is 0 Å². The predicted octanol–water partition coefficient (Wildman–Crippen LogP) is 1.92. The number of halogens is 1. The zero-order valence-electron chi connectivity index (χ0n) is 14.2. The molecule has 1 N–H and O–H groups in total. The molecule has 1 aliphatic heterocycles. The highest BCUT2D eigenvalue weighted by molar-refractivity contribution is 7.86. The van der Waals surface area contributed by atoms with Gasteiger partial charge < -0.3 is 5.32 Å². The van der Waals surface area contributed by atoms with Crippen molar-refractivity contribution >= 4 is 21.8 Å². The number of nitrogens with zero attached hydrogens (tertiary/aromatic N) is 2. The molecule has 24 heavy (non-hydrogen) atoms. The summed E-state index contributed by atoms with van der Waals surface area (Å²) in [6.45, 7) is 4.65. The molecule has 8 heteroatoms. The van der Waals surface area contributed by atoms with Gasteiger partial charge in [0.15, 0.2) is 0 Å². The van der Waals surface area contributed by atoms with Crippen molar-refractivity contribution in [3.05, 3.63) is 30.1 Å². The molecule has 1 heterocycles. The second-order valence-corrected chi connectivity index (χ2v) is 8.62. The number of rotatable bonds is 5. The largest absolute Gasteiger partial charge is 0.325 e. The first-order chi connectivity index (χ1) is 11.2. The van der Waals surface area contributed by atoms with Gasteiger partial charge in [0.05, 0.1) is 6.54 Å². The van der Waals surface area contributed by atoms with E-state index in [0.29, 0.717) is 18.8 Å². The van der Waals surface area contributed by atoms with Crippen LogP contribution < -0.4 is 5.32 Å². The molecule has 0 unspecified atom stereocenters. The Hall–Kier alpha value is -1.51. The number of carbonyl (C=O) groups is 1. The lowest BCUT2D eigenvalue weighted by Gasteiger charge is -2.36. The molecule has 1 aromatic rings. The van der Waals surface area contributed by atoms with Crippen molar-refractivity contribution in [2.45, 2.75) is 20.3 Å². The normalized spacial score (nSPS) is 22.5. The fourth-order valence-corrected chi connectivity index (χ4v) is 4.60. The number of nitrogens with one attached hydrogen (secondary N) is 1. The van der Waals surface area contributed by atoms with E-state index in [1.807, 2.05) is 13.8 Å². The summed E-state index contributed by atoms with van der Waals surface area (Å²) in [6.07, 6.45) is 0.996. The number of benzene rings is 1. The van der Waals surface area contributed by atoms with E-state index < -0.39 is 21.9 Å². The number of hydrogen-bond acceptors (Lipinski definition) is 3. The maximum atomic E-state index is 13.1. The third-order valence-corrected chi connectivity index (χ3v) is 5.90. The number of amides is 1. The quantitative estimate of drug-likeness (QED) is 0.875. The minimum atomic E-state index is -3.69. The summed E-state index contributed by atoms with van der Waals surface area (Å²) < 4.78 is 40.8. The van der Waals surface area contributed by atoms with Gasteiger partial charge in [0.1, 0.15) is 5.82 Å². The molecule has 2 atom stereocenters. The van der Waals surface area contributed by atoms with Crippen LogP contribution in [0.25, 0.3) is 0 Å². The summed E-state index contributed by atoms with van der Waals surface area (Å²) >= 11 is 0. The molecule has 1 fully saturated rings. The fraction of sp³-hybridized carbons (Fsp3) is 0.562. The van der Waals surface area contributed by atoms with Gasteiger partial charge in [0, 0.05) is 25.8 Å². The van der Waals surface area contributed by atoms with E-state index in [4.69, 9.17) is 0 Å². The molecule has 0 aromatic heterocycles. The minimum absolute atomic E-state index is 0.290. The molecule has 134 valence electrons. The Labute approximate surface area is 142 Å². The smallest absolute Gasteiger partial charge is 0.282 e. The van der Waals surface area contributed by atoms with Crippen molar-refractivity contribution in [2.24, 2.45) is 11.8 Å². The van der Waals surface area contributed by atoms with Gasteiger partial charge in [0.2, 0.25) is 5.91 Å². The Morgan fingerprint density at radius 3 is 2.54 bits per heavy atom. The van der Waals surface area contributed by atoms with Crippen molar-refractivity contribution < 1.29 is 17.6 Å². The molecule has 1 amide bonds. The van der Waals surface area contributed by atoms with Crippen LogP contribution in [0.2, 0.25) is 0 Å². The van der Waals surface area contributed by atoms with Gasteiger partial charge in [-0.2, -0.15) is 17.0 Å². The third-order valence-electron chi connectivity index (χ3n) is 4.03. The average Bonchev–Trinajstić information content (AvgIpc) is 2.45. The van der Waals surface area contributed by atoms with Gasteiger partial charge in [-0.1, -0.05) is 19.9 Å². The number of anilines is 1. The summed E-state index contributed by atoms with van der Waals surface area (Å²) in [5.41, 5.74) is 0.297. The van der Waals surface area contributed by atoms with Crippen LogP contribution in [0.15, 0.2) is 24.3 Å². The zero-order chi connectivity index (χ0) is 17.9. The van der Waals surface area contributed by atoms with E-state index >= 15 is 0 Å². The van der Waals surface area contributed by atoms with Crippen molar-refractivity contribution in [1.29, 1.82) is 0 Å². The first-order valence-corrected chi connectivity index (χ1v) is 9.35. The second-order valence-electron chi connectivity index (χ2n) is 6.59. The van der Waals surface area contributed by atoms with Crippen LogP contribution in [0, 0.1) is 17.7 Å². The Balaban J connectivity index is 1.99. The average molecular weight is 357 g/mol. The summed E-state index contributed by atoms with van der Waals surface area (Å²) in [6, 6.07) is 5.47. The summed E-state index contributed by atoms with van der Waals surface area (Å²) in [4.78, 5) is 12.0. The predicted molar refractivity (Wildman–Crippen MR) is 91.1 cm³/mol. The molecular formula is C16H24FN3O3S. The van der Waals surface area contributed by atoms with E-state index in [9.17, 15) is 17.6 Å². The van der Waals surface area contributed by atoms with Crippen LogP contribution in [-0.4, -0.2) is 49.6 Å². The van der Waals surface area contributed by atoms with Gasteiger partial charge in [-0.25, -0.2) is 4.39 Å². The van der Waals surface area contributed by atoms with Gasteiger partial charge >= 0.3 is 0 Å². The van der Waals surface area contributed by atoms with Crippen LogP contribution in [0.1, 0.15) is 20.3 Å². The molecule has 1 saturated heterocycles. The maximum Gasteiger partial charge on any atom is 0.282 e. The Morgan fingerprint density at radius 1 is 1.33 bits per heavy atom. The van der Waals surface area contributed by atoms with Gasteiger partial charge in [-0.3, -0.25) is 4.79 Å². The standard InChI is InChI=1S/C16H24FN3O3S/c1-12-7-13(2)10-20(9-12)24(22,23)19(3)11-16(21)18-15-6-4-5-14(17)8-15/h4-6,8,12-13H,7,9-11H2,1-3H3,(H,18,21)/t12-,13-/m0/s1. The molecule has 1 aromatic carbocycles. The van der Waals surface area contributed by atoms with Gasteiger partial charge in [0.25, 0.3) is 10.2 Å². The lowest BCUT2D eigenvalue weighted by molar-refractivity contribution is -0.116. The molecule has 1 aliphatic rings. The summed E-state index contributed by atoms with van der Waals surface area (Å²) in [7, 11) is -2.31. The van der Waals surface area contributed by atoms with Crippen LogP contribution in [0.4, 0.5) is 10.1 Å². The first kappa shape index (κ1) is 18.8. The zero-order valence-corrected chi connectivity index (χ0v) is 15.0. The Bertz CT molecular complexity index is 686. The van der Waals surface area contributed by atoms with Crippen molar-refractivity contribution in [1.82, 2.24) is 8.61 Å². The number of carbonyl (C=O) groups excluding carboxylic acids is 1. The molecular weight excluding hydrogens is 333 g/mol. The number of piperidine rings is 1. The fourth-order valence-electron chi connectivity index (χ4n) is 3.04. The lowest BCUT2D eigenvalue weighted by Crippen LogP contribution is -2.49. The van der Waals surface area contributed by atoms with Gasteiger partial charge in [-0.05, 0) is 36.5 Å². The van der Waals surface area contributed by atoms with Crippen LogP contribution in [-0.2, 0) is 15.0 Å². The molecule has 2 rings (SSSR count). The molecule has 6 nitrogen and oxygen atoms in total. The van der Waals surface area contributed by atoms with E-state index in [2.05, 4.69) is 5.32 Å². The highest BCUT2D eigenvalue weighted by Crippen LogP contribution is 2.24. The molecule has 0 spiro atoms. The Morgan fingerprint density at radius 2 is 1.96 bits per heavy atom. The van der Waals surface area contributed by atoms with Crippen LogP contribution >= 0.6 is 0 Å². The van der Waals surface area contributed by atoms with E-state index in [0.717, 1.165) is 10.7 Å². The Kier molecular flexibility index (Phi) is 5.95.